The van der Waals surface area contributed by atoms with Gasteiger partial charge in [0.2, 0.25) is 6.41 Å². The second-order valence-corrected chi connectivity index (χ2v) is 6.61. The number of aryl methyl sites for hydroxylation is 1. The normalized spacial score (nSPS) is 22.5. The lowest BCUT2D eigenvalue weighted by Crippen LogP contribution is -2.33. The molecule has 1 aliphatic heterocycles. The van der Waals surface area contributed by atoms with Crippen LogP contribution in [0.1, 0.15) is 28.8 Å². The van der Waals surface area contributed by atoms with E-state index in [-0.39, 0.29) is 12.1 Å². The molecule has 0 spiro atoms. The average molecular weight is 345 g/mol. The molecule has 3 atom stereocenters. The topological polar surface area (TPSA) is 21.7 Å². The molecule has 3 heteroatoms. The lowest BCUT2D eigenvalue weighted by Gasteiger charge is -2.30. The summed E-state index contributed by atoms with van der Waals surface area (Å²) in [5.74, 6) is 0. The Bertz CT molecular complexity index is 833. The lowest BCUT2D eigenvalue weighted by molar-refractivity contribution is -0.115. The standard InChI is InChI=1S/C23H23NO2/c1-17-13-15-20(16-14-17)24-21(18-9-5-3-6-10-18)22(26-23(24)25-2)19-11-7-4-8-12-19/h3-16,21-23H,1-2H3/t21-,22+,23?/m1/s1. The maximum Gasteiger partial charge on any atom is 0.241 e. The van der Waals surface area contributed by atoms with Crippen LogP contribution in [0, 0.1) is 6.92 Å². The summed E-state index contributed by atoms with van der Waals surface area (Å²) in [6.07, 6.45) is -0.544. The van der Waals surface area contributed by atoms with Gasteiger partial charge in [0, 0.05) is 12.8 Å². The van der Waals surface area contributed by atoms with Crippen LogP contribution in [0.2, 0.25) is 0 Å². The molecule has 0 saturated carbocycles. The molecule has 1 fully saturated rings. The Morgan fingerprint density at radius 2 is 1.35 bits per heavy atom. The predicted octanol–water partition coefficient (Wildman–Crippen LogP) is 5.24. The minimum atomic E-state index is -0.437. The van der Waals surface area contributed by atoms with Gasteiger partial charge in [-0.1, -0.05) is 78.4 Å². The minimum absolute atomic E-state index is 0.0336. The van der Waals surface area contributed by atoms with Crippen LogP contribution in [-0.4, -0.2) is 13.5 Å². The summed E-state index contributed by atoms with van der Waals surface area (Å²) in [4.78, 5) is 2.23. The molecule has 0 radical (unpaired) electrons. The molecule has 132 valence electrons. The van der Waals surface area contributed by atoms with Crippen molar-refractivity contribution in [3.8, 4) is 0 Å². The number of nitrogens with zero attached hydrogens (tertiary/aromatic N) is 1. The van der Waals surface area contributed by atoms with Crippen molar-refractivity contribution in [2.24, 2.45) is 0 Å². The van der Waals surface area contributed by atoms with Crippen LogP contribution < -0.4 is 4.90 Å². The first kappa shape index (κ1) is 16.8. The molecular formula is C23H23NO2. The largest absolute Gasteiger partial charge is 0.339 e. The number of anilines is 1. The summed E-state index contributed by atoms with van der Waals surface area (Å²) in [6.45, 7) is 2.10. The first-order valence-corrected chi connectivity index (χ1v) is 8.91. The van der Waals surface area contributed by atoms with Crippen molar-refractivity contribution in [2.75, 3.05) is 12.0 Å². The maximum absolute atomic E-state index is 6.36. The van der Waals surface area contributed by atoms with Gasteiger partial charge in [-0.2, -0.15) is 0 Å². The van der Waals surface area contributed by atoms with Gasteiger partial charge < -0.3 is 14.4 Å². The summed E-state index contributed by atoms with van der Waals surface area (Å²) in [5.41, 5.74) is 4.69. The molecule has 1 aliphatic rings. The van der Waals surface area contributed by atoms with E-state index in [1.807, 2.05) is 12.1 Å². The molecule has 0 aromatic heterocycles. The first-order chi connectivity index (χ1) is 12.8. The summed E-state index contributed by atoms with van der Waals surface area (Å²) in [6, 6.07) is 29.4. The Kier molecular flexibility index (Phi) is 4.74. The van der Waals surface area contributed by atoms with E-state index in [0.717, 1.165) is 11.3 Å². The van der Waals surface area contributed by atoms with Crippen LogP contribution in [0.3, 0.4) is 0 Å². The van der Waals surface area contributed by atoms with Gasteiger partial charge in [-0.15, -0.1) is 0 Å². The fourth-order valence-corrected chi connectivity index (χ4v) is 3.60. The Hall–Kier alpha value is -2.62. The van der Waals surface area contributed by atoms with Gasteiger partial charge in [-0.05, 0) is 30.2 Å². The zero-order chi connectivity index (χ0) is 17.9. The molecule has 3 aromatic carbocycles. The highest BCUT2D eigenvalue weighted by Crippen LogP contribution is 2.47. The summed E-state index contributed by atoms with van der Waals surface area (Å²) < 4.78 is 12.1. The fourth-order valence-electron chi connectivity index (χ4n) is 3.60. The number of hydrogen-bond donors (Lipinski definition) is 0. The molecule has 0 amide bonds. The summed E-state index contributed by atoms with van der Waals surface area (Å²) >= 11 is 0. The molecule has 1 unspecified atom stereocenters. The number of rotatable bonds is 4. The number of hydrogen-bond acceptors (Lipinski definition) is 3. The molecule has 3 nitrogen and oxygen atoms in total. The molecule has 0 N–H and O–H groups in total. The van der Waals surface area contributed by atoms with Gasteiger partial charge in [0.15, 0.2) is 0 Å². The summed E-state index contributed by atoms with van der Waals surface area (Å²) in [5, 5.41) is 0. The minimum Gasteiger partial charge on any atom is -0.339 e. The Morgan fingerprint density at radius 3 is 1.92 bits per heavy atom. The fraction of sp³-hybridized carbons (Fsp3) is 0.217. The smallest absolute Gasteiger partial charge is 0.241 e. The van der Waals surface area contributed by atoms with E-state index >= 15 is 0 Å². The molecule has 1 saturated heterocycles. The Labute approximate surface area is 154 Å². The number of methoxy groups -OCH3 is 1. The van der Waals surface area contributed by atoms with Crippen molar-refractivity contribution in [2.45, 2.75) is 25.5 Å². The molecule has 26 heavy (non-hydrogen) atoms. The third-order valence-electron chi connectivity index (χ3n) is 4.88. The van der Waals surface area contributed by atoms with E-state index in [0.29, 0.717) is 0 Å². The SMILES string of the molecule is COC1O[C@@H](c2ccccc2)[C@@H](c2ccccc2)N1c1ccc(C)cc1. The van der Waals surface area contributed by atoms with Crippen molar-refractivity contribution in [1.82, 2.24) is 0 Å². The molecule has 0 aliphatic carbocycles. The highest BCUT2D eigenvalue weighted by Gasteiger charge is 2.44. The van der Waals surface area contributed by atoms with Crippen molar-refractivity contribution in [1.29, 1.82) is 0 Å². The van der Waals surface area contributed by atoms with E-state index in [2.05, 4.69) is 84.6 Å². The van der Waals surface area contributed by atoms with Gasteiger partial charge in [-0.3, -0.25) is 0 Å². The van der Waals surface area contributed by atoms with Crippen LogP contribution >= 0.6 is 0 Å². The number of ether oxygens (including phenoxy) is 2. The van der Waals surface area contributed by atoms with Crippen LogP contribution in [-0.2, 0) is 9.47 Å². The van der Waals surface area contributed by atoms with E-state index in [1.165, 1.54) is 11.1 Å². The monoisotopic (exact) mass is 345 g/mol. The number of benzene rings is 3. The van der Waals surface area contributed by atoms with Crippen LogP contribution in [0.4, 0.5) is 5.69 Å². The third-order valence-corrected chi connectivity index (χ3v) is 4.88. The highest BCUT2D eigenvalue weighted by molar-refractivity contribution is 5.52. The van der Waals surface area contributed by atoms with Crippen molar-refractivity contribution in [3.05, 3.63) is 102 Å². The zero-order valence-corrected chi connectivity index (χ0v) is 15.1. The van der Waals surface area contributed by atoms with Gasteiger partial charge in [0.1, 0.15) is 6.10 Å². The van der Waals surface area contributed by atoms with Crippen LogP contribution in [0.15, 0.2) is 84.9 Å². The molecule has 0 bridgehead atoms. The molecular weight excluding hydrogens is 322 g/mol. The lowest BCUT2D eigenvalue weighted by atomic mass is 9.95. The quantitative estimate of drug-likeness (QED) is 0.645. The van der Waals surface area contributed by atoms with E-state index in [9.17, 15) is 0 Å². The van der Waals surface area contributed by atoms with Crippen molar-refractivity contribution in [3.63, 3.8) is 0 Å². The second kappa shape index (κ2) is 7.32. The molecule has 3 aromatic rings. The van der Waals surface area contributed by atoms with Gasteiger partial charge in [-0.25, -0.2) is 0 Å². The second-order valence-electron chi connectivity index (χ2n) is 6.61. The Balaban J connectivity index is 1.82. The van der Waals surface area contributed by atoms with Gasteiger partial charge in [0.25, 0.3) is 0 Å². The van der Waals surface area contributed by atoms with Crippen LogP contribution in [0.5, 0.6) is 0 Å². The van der Waals surface area contributed by atoms with Crippen molar-refractivity contribution >= 4 is 5.69 Å². The van der Waals surface area contributed by atoms with Crippen molar-refractivity contribution < 1.29 is 9.47 Å². The molecule has 4 rings (SSSR count). The highest BCUT2D eigenvalue weighted by atomic mass is 16.7. The van der Waals surface area contributed by atoms with E-state index < -0.39 is 6.41 Å². The molecule has 1 heterocycles. The van der Waals surface area contributed by atoms with Gasteiger partial charge in [0.05, 0.1) is 6.04 Å². The predicted molar refractivity (Wildman–Crippen MR) is 104 cm³/mol. The van der Waals surface area contributed by atoms with E-state index in [4.69, 9.17) is 9.47 Å². The van der Waals surface area contributed by atoms with Crippen LogP contribution in [0.25, 0.3) is 0 Å². The maximum atomic E-state index is 6.36. The Morgan fingerprint density at radius 1 is 0.769 bits per heavy atom. The van der Waals surface area contributed by atoms with Gasteiger partial charge >= 0.3 is 0 Å². The van der Waals surface area contributed by atoms with E-state index in [1.54, 1.807) is 7.11 Å². The zero-order valence-electron chi connectivity index (χ0n) is 15.1. The third kappa shape index (κ3) is 3.12. The average Bonchev–Trinajstić information content (AvgIpc) is 3.09. The first-order valence-electron chi connectivity index (χ1n) is 8.91. The summed E-state index contributed by atoms with van der Waals surface area (Å²) in [7, 11) is 1.70.